The monoisotopic (exact) mass is 326 g/mol. The van der Waals surface area contributed by atoms with E-state index in [0.29, 0.717) is 0 Å². The normalized spacial score (nSPS) is 23.6. The highest BCUT2D eigenvalue weighted by Gasteiger charge is 2.40. The molecule has 3 unspecified atom stereocenters. The third kappa shape index (κ3) is 2.49. The number of imide groups is 1. The van der Waals surface area contributed by atoms with E-state index in [9.17, 15) is 14.4 Å². The number of fused-ring (bicyclic) bond motifs is 1. The summed E-state index contributed by atoms with van der Waals surface area (Å²) in [5.74, 6) is -3.52. The van der Waals surface area contributed by atoms with E-state index < -0.39 is 35.0 Å². The molecule has 1 aliphatic heterocycles. The number of anilines is 1. The summed E-state index contributed by atoms with van der Waals surface area (Å²) in [6.07, 6.45) is 0. The van der Waals surface area contributed by atoms with Crippen LogP contribution in [0.25, 0.3) is 10.9 Å². The average molecular weight is 326 g/mol. The van der Waals surface area contributed by atoms with Gasteiger partial charge < -0.3 is 5.73 Å². The Morgan fingerprint density at radius 3 is 2.48 bits per heavy atom. The molecule has 7 nitrogen and oxygen atoms in total. The van der Waals surface area contributed by atoms with Gasteiger partial charge in [-0.25, -0.2) is 4.98 Å². The fraction of sp³-hybridized carbons (Fsp3) is 0.286. The Morgan fingerprint density at radius 1 is 1.20 bits per heavy atom. The number of nitrogens with zero attached hydrogens (tertiary/aromatic N) is 2. The molecule has 0 aliphatic carbocycles. The molecule has 11 heteroatoms. The van der Waals surface area contributed by atoms with Crippen molar-refractivity contribution in [3.63, 3.8) is 0 Å². The molecule has 1 aromatic carbocycles. The minimum Gasteiger partial charge on any atom is -0.399 e. The third-order valence-corrected chi connectivity index (χ3v) is 4.36. The number of rotatable bonds is 1. The van der Waals surface area contributed by atoms with Crippen LogP contribution in [0, 0.1) is 6.92 Å². The molecule has 8 radical (unpaired) electrons. The van der Waals surface area contributed by atoms with Gasteiger partial charge in [-0.3, -0.25) is 24.3 Å². The van der Waals surface area contributed by atoms with Crippen LogP contribution >= 0.6 is 0 Å². The zero-order chi connectivity index (χ0) is 18.6. The fourth-order valence-corrected chi connectivity index (χ4v) is 2.98. The average Bonchev–Trinajstić information content (AvgIpc) is 2.53. The van der Waals surface area contributed by atoms with E-state index >= 15 is 0 Å². The number of nitrogen functional groups attached to an aromatic ring is 1. The zero-order valence-corrected chi connectivity index (χ0v) is 13.3. The molecule has 1 aromatic heterocycles. The van der Waals surface area contributed by atoms with E-state index in [0.717, 1.165) is 4.57 Å². The Labute approximate surface area is 148 Å². The summed E-state index contributed by atoms with van der Waals surface area (Å²) in [7, 11) is 23.2. The first-order chi connectivity index (χ1) is 11.6. The number of benzene rings is 1. The maximum atomic E-state index is 13.0. The van der Waals surface area contributed by atoms with Crippen LogP contribution in [0.2, 0.25) is 11.6 Å². The Hall–Kier alpha value is -2.44. The number of nitrogens with two attached hydrogens (primary N) is 1. The number of hydrogen-bond acceptors (Lipinski definition) is 5. The van der Waals surface area contributed by atoms with Gasteiger partial charge in [-0.05, 0) is 24.6 Å². The van der Waals surface area contributed by atoms with Crippen LogP contribution in [0.5, 0.6) is 0 Å². The molecule has 25 heavy (non-hydrogen) atoms. The smallest absolute Gasteiger partial charge is 0.264 e. The minimum atomic E-state index is -1.21. The number of amides is 2. The number of carbonyl (C=O) groups excluding carboxylic acids is 2. The summed E-state index contributed by atoms with van der Waals surface area (Å²) in [6, 6.07) is 0.214. The van der Waals surface area contributed by atoms with Crippen molar-refractivity contribution in [1.82, 2.24) is 14.9 Å². The molecule has 2 heterocycles. The van der Waals surface area contributed by atoms with Crippen molar-refractivity contribution in [3.05, 3.63) is 22.2 Å². The molecule has 116 valence electrons. The fourth-order valence-electron chi connectivity index (χ4n) is 2.98. The van der Waals surface area contributed by atoms with Crippen molar-refractivity contribution in [2.45, 2.75) is 24.6 Å². The van der Waals surface area contributed by atoms with Crippen molar-refractivity contribution in [2.24, 2.45) is 0 Å². The Bertz CT molecular complexity index is 990. The lowest BCUT2D eigenvalue weighted by atomic mass is 9.61. The van der Waals surface area contributed by atoms with Crippen molar-refractivity contribution in [1.29, 1.82) is 0 Å². The first-order valence-electron chi connectivity index (χ1n) is 7.37. The van der Waals surface area contributed by atoms with Crippen LogP contribution in [0.1, 0.15) is 11.9 Å². The van der Waals surface area contributed by atoms with E-state index in [-0.39, 0.29) is 33.3 Å². The lowest BCUT2D eigenvalue weighted by Crippen LogP contribution is -2.50. The maximum absolute atomic E-state index is 13.0. The summed E-state index contributed by atoms with van der Waals surface area (Å²) in [5, 5.41) is 2.12. The molecule has 1 fully saturated rings. The van der Waals surface area contributed by atoms with Gasteiger partial charge in [0.1, 0.15) is 27.6 Å². The minimum absolute atomic E-state index is 0.0165. The topological polar surface area (TPSA) is 107 Å². The molecule has 3 N–H and O–H groups in total. The van der Waals surface area contributed by atoms with Gasteiger partial charge in [-0.2, -0.15) is 0 Å². The molecule has 0 bridgehead atoms. The quantitative estimate of drug-likeness (QED) is 0.330. The predicted octanol–water partition coefficient (Wildman–Crippen LogP) is -3.01. The molecule has 2 amide bonds. The van der Waals surface area contributed by atoms with Crippen LogP contribution in [-0.2, 0) is 9.59 Å². The summed E-state index contributed by atoms with van der Waals surface area (Å²) >= 11 is 0. The number of carbonyl (C=O) groups is 2. The standard InChI is InChI=1S/C14H10B4N4O3/c1-3-20-5-2-4(15)7(16)10(19)6(5)14(25)22(3)11-8(17)9(18)12(23)21-13(11)24/h2,8-9,11H,19H2,1H3,(H,21,23,24). The Kier molecular flexibility index (Phi) is 4.05. The SMILES string of the molecule is [B]c1cc2nc(C)n(C3C(=O)NC(=O)C([B])C3[B])c(=O)c2c(N)c1[B]. The van der Waals surface area contributed by atoms with E-state index in [2.05, 4.69) is 10.3 Å². The van der Waals surface area contributed by atoms with Gasteiger partial charge in [0.15, 0.2) is 0 Å². The summed E-state index contributed by atoms with van der Waals surface area (Å²) in [4.78, 5) is 41.2. The van der Waals surface area contributed by atoms with E-state index in [4.69, 9.17) is 37.1 Å². The summed E-state index contributed by atoms with van der Waals surface area (Å²) < 4.78 is 1.07. The lowest BCUT2D eigenvalue weighted by molar-refractivity contribution is -0.135. The van der Waals surface area contributed by atoms with Crippen LogP contribution in [-0.4, -0.2) is 52.8 Å². The van der Waals surface area contributed by atoms with E-state index in [1.165, 1.54) is 13.0 Å². The Morgan fingerprint density at radius 2 is 1.84 bits per heavy atom. The second-order valence-corrected chi connectivity index (χ2v) is 5.92. The highest BCUT2D eigenvalue weighted by atomic mass is 16.2. The zero-order valence-electron chi connectivity index (χ0n) is 13.3. The van der Waals surface area contributed by atoms with Gasteiger partial charge in [-0.1, -0.05) is 10.9 Å². The highest BCUT2D eigenvalue weighted by molar-refractivity contribution is 6.52. The van der Waals surface area contributed by atoms with Gasteiger partial charge in [0.2, 0.25) is 11.8 Å². The summed E-state index contributed by atoms with van der Waals surface area (Å²) in [6.45, 7) is 1.52. The van der Waals surface area contributed by atoms with Crippen molar-refractivity contribution in [2.75, 3.05) is 5.73 Å². The highest BCUT2D eigenvalue weighted by Crippen LogP contribution is 2.34. The molecule has 3 rings (SSSR count). The van der Waals surface area contributed by atoms with E-state index in [1.807, 2.05) is 0 Å². The Balaban J connectivity index is 2.32. The van der Waals surface area contributed by atoms with Gasteiger partial charge in [0.05, 0.1) is 26.6 Å². The third-order valence-electron chi connectivity index (χ3n) is 4.36. The largest absolute Gasteiger partial charge is 0.399 e. The molecule has 3 atom stereocenters. The van der Waals surface area contributed by atoms with Crippen LogP contribution in [0.15, 0.2) is 10.9 Å². The van der Waals surface area contributed by atoms with Gasteiger partial charge in [0, 0.05) is 5.69 Å². The number of nitrogens with one attached hydrogen (secondary N) is 1. The molecule has 0 saturated carbocycles. The first kappa shape index (κ1) is 17.4. The molecular formula is C14H10B4N4O3. The molecule has 1 aliphatic rings. The predicted molar refractivity (Wildman–Crippen MR) is 97.1 cm³/mol. The second-order valence-electron chi connectivity index (χ2n) is 5.92. The van der Waals surface area contributed by atoms with Crippen LogP contribution < -0.4 is 27.5 Å². The molecule has 1 saturated heterocycles. The lowest BCUT2D eigenvalue weighted by Gasteiger charge is -2.34. The maximum Gasteiger partial charge on any atom is 0.264 e. The summed E-state index contributed by atoms with van der Waals surface area (Å²) in [5.41, 5.74) is 5.74. The molecule has 2 aromatic rings. The number of aryl methyl sites for hydroxylation is 1. The van der Waals surface area contributed by atoms with Crippen molar-refractivity contribution < 1.29 is 9.59 Å². The van der Waals surface area contributed by atoms with Crippen molar-refractivity contribution in [3.8, 4) is 0 Å². The second kappa shape index (κ2) is 5.82. The van der Waals surface area contributed by atoms with E-state index in [1.54, 1.807) is 0 Å². The van der Waals surface area contributed by atoms with Gasteiger partial charge >= 0.3 is 0 Å². The molecule has 0 spiro atoms. The van der Waals surface area contributed by atoms with Gasteiger partial charge in [0.25, 0.3) is 5.56 Å². The molecular weight excluding hydrogens is 315 g/mol. The van der Waals surface area contributed by atoms with Crippen LogP contribution in [0.4, 0.5) is 5.69 Å². The number of aromatic nitrogens is 2. The number of hydrogen-bond donors (Lipinski definition) is 2. The van der Waals surface area contributed by atoms with Crippen LogP contribution in [0.3, 0.4) is 0 Å². The number of piperidine rings is 1. The van der Waals surface area contributed by atoms with Crippen molar-refractivity contribution >= 4 is 70.7 Å². The van der Waals surface area contributed by atoms with Gasteiger partial charge in [-0.15, -0.1) is 0 Å². The first-order valence-corrected chi connectivity index (χ1v) is 7.37.